The van der Waals surface area contributed by atoms with Crippen molar-refractivity contribution in [3.8, 4) is 0 Å². The molecule has 148 valence electrons. The average Bonchev–Trinajstić information content (AvgIpc) is 2.60. The van der Waals surface area contributed by atoms with Gasteiger partial charge < -0.3 is 9.64 Å². The predicted molar refractivity (Wildman–Crippen MR) is 113 cm³/mol. The monoisotopic (exact) mass is 351 g/mol. The summed E-state index contributed by atoms with van der Waals surface area (Å²) in [5, 5.41) is 0. The zero-order chi connectivity index (χ0) is 18.4. The highest BCUT2D eigenvalue weighted by molar-refractivity contribution is 4.92. The minimum Gasteiger partial charge on any atom is -0.381 e. The molecule has 0 rings (SSSR count). The van der Waals surface area contributed by atoms with Gasteiger partial charge in [-0.1, -0.05) is 69.8 Å². The van der Waals surface area contributed by atoms with Crippen molar-refractivity contribution >= 4 is 0 Å². The molecule has 2 heteroatoms. The van der Waals surface area contributed by atoms with E-state index in [0.717, 1.165) is 32.6 Å². The maximum atomic E-state index is 5.66. The summed E-state index contributed by atoms with van der Waals surface area (Å²) in [6.07, 6.45) is 26.1. The van der Waals surface area contributed by atoms with Crippen molar-refractivity contribution in [2.45, 2.75) is 90.4 Å². The second-order valence-electron chi connectivity index (χ2n) is 7.35. The summed E-state index contributed by atoms with van der Waals surface area (Å²) in [7, 11) is 4.23. The molecule has 2 nitrogen and oxygen atoms in total. The van der Waals surface area contributed by atoms with Crippen LogP contribution in [0.2, 0.25) is 0 Å². The van der Waals surface area contributed by atoms with Gasteiger partial charge in [0.25, 0.3) is 0 Å². The topological polar surface area (TPSA) is 12.5 Å². The first-order chi connectivity index (χ1) is 12.3. The third kappa shape index (κ3) is 23.4. The van der Waals surface area contributed by atoms with Crippen molar-refractivity contribution in [3.63, 3.8) is 0 Å². The Kier molecular flexibility index (Phi) is 20.9. The van der Waals surface area contributed by atoms with Crippen LogP contribution in [0.3, 0.4) is 0 Å². The van der Waals surface area contributed by atoms with Gasteiger partial charge >= 0.3 is 0 Å². The molecule has 0 radical (unpaired) electrons. The van der Waals surface area contributed by atoms with E-state index >= 15 is 0 Å². The summed E-state index contributed by atoms with van der Waals surface area (Å²) >= 11 is 0. The highest BCUT2D eigenvalue weighted by Gasteiger charge is 1.93. The van der Waals surface area contributed by atoms with Crippen LogP contribution < -0.4 is 0 Å². The SMILES string of the molecule is CCCCCC=CC/C=C\CCCCCCCCOCCCN(C)C. The number of hydrogen-bond donors (Lipinski definition) is 0. The van der Waals surface area contributed by atoms with E-state index < -0.39 is 0 Å². The van der Waals surface area contributed by atoms with E-state index in [1.807, 2.05) is 0 Å². The van der Waals surface area contributed by atoms with Crippen LogP contribution in [0.15, 0.2) is 24.3 Å². The Balaban J connectivity index is 3.12. The number of unbranched alkanes of at least 4 members (excludes halogenated alkanes) is 9. The number of allylic oxidation sites excluding steroid dienone is 4. The van der Waals surface area contributed by atoms with Gasteiger partial charge in [0.15, 0.2) is 0 Å². The maximum absolute atomic E-state index is 5.66. The van der Waals surface area contributed by atoms with E-state index in [2.05, 4.69) is 50.2 Å². The fourth-order valence-electron chi connectivity index (χ4n) is 2.78. The van der Waals surface area contributed by atoms with Gasteiger partial charge in [-0.05, 0) is 65.6 Å². The minimum atomic E-state index is 0.915. The average molecular weight is 352 g/mol. The Morgan fingerprint density at radius 1 is 0.640 bits per heavy atom. The molecular weight excluding hydrogens is 306 g/mol. The van der Waals surface area contributed by atoms with Gasteiger partial charge in [0.05, 0.1) is 0 Å². The first-order valence-corrected chi connectivity index (χ1v) is 10.8. The summed E-state index contributed by atoms with van der Waals surface area (Å²) in [6, 6.07) is 0. The lowest BCUT2D eigenvalue weighted by Gasteiger charge is -2.09. The van der Waals surface area contributed by atoms with Crippen LogP contribution in [0.4, 0.5) is 0 Å². The largest absolute Gasteiger partial charge is 0.381 e. The Labute approximate surface area is 158 Å². The van der Waals surface area contributed by atoms with Gasteiger partial charge in [-0.25, -0.2) is 0 Å². The molecule has 0 bridgehead atoms. The van der Waals surface area contributed by atoms with Crippen LogP contribution in [0, 0.1) is 0 Å². The van der Waals surface area contributed by atoms with E-state index in [1.54, 1.807) is 0 Å². The molecule has 0 unspecified atom stereocenters. The fraction of sp³-hybridized carbons (Fsp3) is 0.826. The quantitative estimate of drug-likeness (QED) is 0.188. The summed E-state index contributed by atoms with van der Waals surface area (Å²) in [4.78, 5) is 2.21. The molecule has 0 aromatic rings. The predicted octanol–water partition coefficient (Wildman–Crippen LogP) is 6.77. The van der Waals surface area contributed by atoms with Gasteiger partial charge in [0.2, 0.25) is 0 Å². The Bertz CT molecular complexity index is 296. The molecule has 0 aromatic carbocycles. The van der Waals surface area contributed by atoms with Crippen molar-refractivity contribution < 1.29 is 4.74 Å². The Hall–Kier alpha value is -0.600. The number of hydrogen-bond acceptors (Lipinski definition) is 2. The van der Waals surface area contributed by atoms with Gasteiger partial charge in [-0.15, -0.1) is 0 Å². The summed E-state index contributed by atoms with van der Waals surface area (Å²) in [5.41, 5.74) is 0. The molecule has 0 amide bonds. The van der Waals surface area contributed by atoms with E-state index in [-0.39, 0.29) is 0 Å². The molecule has 0 atom stereocenters. The van der Waals surface area contributed by atoms with Crippen LogP contribution in [-0.2, 0) is 4.74 Å². The van der Waals surface area contributed by atoms with Crippen LogP contribution in [0.25, 0.3) is 0 Å². The van der Waals surface area contributed by atoms with Crippen LogP contribution in [0.5, 0.6) is 0 Å². The van der Waals surface area contributed by atoms with Crippen molar-refractivity contribution in [1.82, 2.24) is 4.90 Å². The zero-order valence-corrected chi connectivity index (χ0v) is 17.5. The number of ether oxygens (including phenoxy) is 1. The molecule has 0 aliphatic heterocycles. The second kappa shape index (κ2) is 21.4. The second-order valence-corrected chi connectivity index (χ2v) is 7.35. The molecule has 0 fully saturated rings. The van der Waals surface area contributed by atoms with E-state index in [9.17, 15) is 0 Å². The maximum Gasteiger partial charge on any atom is 0.0478 e. The zero-order valence-electron chi connectivity index (χ0n) is 17.5. The minimum absolute atomic E-state index is 0.915. The first-order valence-electron chi connectivity index (χ1n) is 10.8. The van der Waals surface area contributed by atoms with Crippen molar-refractivity contribution in [1.29, 1.82) is 0 Å². The van der Waals surface area contributed by atoms with Gasteiger partial charge in [0.1, 0.15) is 0 Å². The third-order valence-corrected chi connectivity index (χ3v) is 4.38. The molecule has 0 aromatic heterocycles. The molecule has 0 saturated heterocycles. The van der Waals surface area contributed by atoms with E-state index in [1.165, 1.54) is 70.6 Å². The van der Waals surface area contributed by atoms with Gasteiger partial charge in [-0.2, -0.15) is 0 Å². The lowest BCUT2D eigenvalue weighted by Crippen LogP contribution is -2.14. The van der Waals surface area contributed by atoms with Crippen LogP contribution in [0.1, 0.15) is 90.4 Å². The summed E-state index contributed by atoms with van der Waals surface area (Å²) < 4.78 is 5.66. The van der Waals surface area contributed by atoms with Crippen molar-refractivity contribution in [3.05, 3.63) is 24.3 Å². The third-order valence-electron chi connectivity index (χ3n) is 4.38. The highest BCUT2D eigenvalue weighted by atomic mass is 16.5. The molecule has 0 aliphatic carbocycles. The smallest absolute Gasteiger partial charge is 0.0478 e. The highest BCUT2D eigenvalue weighted by Crippen LogP contribution is 2.08. The summed E-state index contributed by atoms with van der Waals surface area (Å²) in [6.45, 7) is 5.25. The van der Waals surface area contributed by atoms with Crippen LogP contribution >= 0.6 is 0 Å². The number of nitrogens with zero attached hydrogens (tertiary/aromatic N) is 1. The first kappa shape index (κ1) is 24.4. The molecule has 0 spiro atoms. The van der Waals surface area contributed by atoms with Crippen molar-refractivity contribution in [2.75, 3.05) is 33.9 Å². The van der Waals surface area contributed by atoms with Gasteiger partial charge in [0, 0.05) is 13.2 Å². The van der Waals surface area contributed by atoms with Gasteiger partial charge in [-0.3, -0.25) is 0 Å². The standard InChI is InChI=1S/C23H45NO/c1-4-5-6-7-8-9-10-11-12-13-14-15-16-17-18-19-22-25-23-20-21-24(2)3/h8-9,11-12H,4-7,10,13-23H2,1-3H3/b9-8?,12-11-. The lowest BCUT2D eigenvalue weighted by atomic mass is 10.1. The normalized spacial score (nSPS) is 12.2. The summed E-state index contributed by atoms with van der Waals surface area (Å²) in [5.74, 6) is 0. The number of rotatable bonds is 19. The molecular formula is C23H45NO. The van der Waals surface area contributed by atoms with Crippen molar-refractivity contribution in [2.24, 2.45) is 0 Å². The molecule has 0 aliphatic rings. The van der Waals surface area contributed by atoms with E-state index in [4.69, 9.17) is 4.74 Å². The molecule has 0 heterocycles. The Morgan fingerprint density at radius 2 is 1.20 bits per heavy atom. The van der Waals surface area contributed by atoms with Crippen LogP contribution in [-0.4, -0.2) is 38.8 Å². The molecule has 25 heavy (non-hydrogen) atoms. The van der Waals surface area contributed by atoms with E-state index in [0.29, 0.717) is 0 Å². The Morgan fingerprint density at radius 3 is 1.84 bits per heavy atom. The molecule has 0 saturated carbocycles. The molecule has 0 N–H and O–H groups in total. The fourth-order valence-corrected chi connectivity index (χ4v) is 2.78. The lowest BCUT2D eigenvalue weighted by molar-refractivity contribution is 0.122.